The molecule has 1 aliphatic rings. The summed E-state index contributed by atoms with van der Waals surface area (Å²) in [6.07, 6.45) is 2.09. The van der Waals surface area contributed by atoms with Gasteiger partial charge >= 0.3 is 0 Å². The Morgan fingerprint density at radius 3 is 2.66 bits per heavy atom. The van der Waals surface area contributed by atoms with Gasteiger partial charge in [-0.3, -0.25) is 4.79 Å². The van der Waals surface area contributed by atoms with Gasteiger partial charge in [0, 0.05) is 31.1 Å². The number of fused-ring (bicyclic) bond motifs is 2. The highest BCUT2D eigenvalue weighted by Gasteiger charge is 2.27. The number of thioether (sulfide) groups is 1. The lowest BCUT2D eigenvalue weighted by atomic mass is 10.0. The zero-order valence-electron chi connectivity index (χ0n) is 18.2. The Kier molecular flexibility index (Phi) is 5.93. The molecule has 1 fully saturated rings. The first-order valence-electron chi connectivity index (χ1n) is 10.8. The predicted molar refractivity (Wildman–Crippen MR) is 135 cm³/mol. The van der Waals surface area contributed by atoms with Gasteiger partial charge in [0.2, 0.25) is 0 Å². The van der Waals surface area contributed by atoms with Gasteiger partial charge in [-0.05, 0) is 42.2 Å². The molecule has 164 valence electrons. The molecule has 1 aromatic heterocycles. The summed E-state index contributed by atoms with van der Waals surface area (Å²) >= 11 is 3.46. The van der Waals surface area contributed by atoms with Crippen molar-refractivity contribution < 1.29 is 9.53 Å². The SMILES string of the molecule is CCOc1ccc2ccccc2c1C(=O)N1CCN(c2nc3c(SC)cccc3s2)CC1. The lowest BCUT2D eigenvalue weighted by Gasteiger charge is -2.35. The summed E-state index contributed by atoms with van der Waals surface area (Å²) in [5.74, 6) is 0.702. The number of para-hydroxylation sites is 1. The van der Waals surface area contributed by atoms with Crippen molar-refractivity contribution in [3.8, 4) is 5.75 Å². The first-order valence-corrected chi connectivity index (χ1v) is 12.9. The fraction of sp³-hybridized carbons (Fsp3) is 0.280. The Morgan fingerprint density at radius 2 is 1.88 bits per heavy atom. The first kappa shape index (κ1) is 21.1. The van der Waals surface area contributed by atoms with Crippen molar-refractivity contribution in [2.24, 2.45) is 0 Å². The monoisotopic (exact) mass is 463 g/mol. The molecule has 0 unspecified atom stereocenters. The molecule has 5 nitrogen and oxygen atoms in total. The van der Waals surface area contributed by atoms with E-state index in [9.17, 15) is 4.79 Å². The van der Waals surface area contributed by atoms with E-state index in [1.807, 2.05) is 48.2 Å². The van der Waals surface area contributed by atoms with E-state index < -0.39 is 0 Å². The number of thiazole rings is 1. The van der Waals surface area contributed by atoms with Crippen molar-refractivity contribution in [3.05, 3.63) is 60.2 Å². The number of carbonyl (C=O) groups excluding carboxylic acids is 1. The molecule has 0 radical (unpaired) electrons. The molecule has 0 aliphatic carbocycles. The number of benzene rings is 3. The Bertz CT molecular complexity index is 1280. The van der Waals surface area contributed by atoms with Gasteiger partial charge in [0.15, 0.2) is 5.13 Å². The number of nitrogens with zero attached hydrogens (tertiary/aromatic N) is 3. The second-order valence-corrected chi connectivity index (χ2v) is 9.53. The minimum atomic E-state index is 0.0406. The molecule has 1 saturated heterocycles. The summed E-state index contributed by atoms with van der Waals surface area (Å²) in [5.41, 5.74) is 1.75. The lowest BCUT2D eigenvalue weighted by molar-refractivity contribution is 0.0744. The number of hydrogen-bond donors (Lipinski definition) is 0. The zero-order chi connectivity index (χ0) is 22.1. The maximum absolute atomic E-state index is 13.6. The van der Waals surface area contributed by atoms with E-state index in [4.69, 9.17) is 9.72 Å². The first-order chi connectivity index (χ1) is 15.7. The highest BCUT2D eigenvalue weighted by Crippen LogP contribution is 2.35. The van der Waals surface area contributed by atoms with Crippen LogP contribution in [0.15, 0.2) is 59.5 Å². The average molecular weight is 464 g/mol. The summed E-state index contributed by atoms with van der Waals surface area (Å²) in [4.78, 5) is 24.0. The van der Waals surface area contributed by atoms with Gasteiger partial charge in [0.05, 0.1) is 22.4 Å². The third-order valence-corrected chi connectivity index (χ3v) is 7.68. The Labute approximate surface area is 196 Å². The summed E-state index contributed by atoms with van der Waals surface area (Å²) in [6.45, 7) is 5.35. The van der Waals surface area contributed by atoms with E-state index in [1.54, 1.807) is 23.1 Å². The average Bonchev–Trinajstić information content (AvgIpc) is 3.28. The standard InChI is InChI=1S/C25H25N3O2S2/c1-3-30-19-12-11-17-7-4-5-8-18(17)22(19)24(29)27-13-15-28(16-14-27)25-26-23-20(31-2)9-6-10-21(23)32-25/h4-12H,3,13-16H2,1-2H3. The van der Waals surface area contributed by atoms with Gasteiger partial charge in [-0.15, -0.1) is 11.8 Å². The topological polar surface area (TPSA) is 45.7 Å². The molecule has 1 amide bonds. The van der Waals surface area contributed by atoms with Gasteiger partial charge in [-0.1, -0.05) is 47.7 Å². The van der Waals surface area contributed by atoms with Crippen LogP contribution in [0.4, 0.5) is 5.13 Å². The van der Waals surface area contributed by atoms with Crippen molar-refractivity contribution in [1.29, 1.82) is 0 Å². The van der Waals surface area contributed by atoms with Crippen LogP contribution in [0.5, 0.6) is 5.75 Å². The molecule has 5 rings (SSSR count). The van der Waals surface area contributed by atoms with E-state index in [1.165, 1.54) is 9.60 Å². The van der Waals surface area contributed by atoms with Crippen LogP contribution >= 0.6 is 23.1 Å². The minimum absolute atomic E-state index is 0.0406. The molecular formula is C25H25N3O2S2. The Hall–Kier alpha value is -2.77. The Morgan fingerprint density at radius 1 is 1.06 bits per heavy atom. The maximum atomic E-state index is 13.6. The summed E-state index contributed by atoms with van der Waals surface area (Å²) in [7, 11) is 0. The molecule has 7 heteroatoms. The van der Waals surface area contributed by atoms with Crippen LogP contribution in [0.2, 0.25) is 0 Å². The van der Waals surface area contributed by atoms with Gasteiger partial charge in [0.25, 0.3) is 5.91 Å². The van der Waals surface area contributed by atoms with Crippen LogP contribution in [-0.2, 0) is 0 Å². The van der Waals surface area contributed by atoms with Crippen LogP contribution in [-0.4, -0.2) is 54.8 Å². The van der Waals surface area contributed by atoms with Crippen LogP contribution in [0, 0.1) is 0 Å². The Balaban J connectivity index is 1.38. The van der Waals surface area contributed by atoms with Gasteiger partial charge in [0.1, 0.15) is 5.75 Å². The summed E-state index contributed by atoms with van der Waals surface area (Å²) < 4.78 is 7.05. The lowest BCUT2D eigenvalue weighted by Crippen LogP contribution is -2.48. The van der Waals surface area contributed by atoms with Gasteiger partial charge < -0.3 is 14.5 Å². The van der Waals surface area contributed by atoms with Crippen molar-refractivity contribution in [2.75, 3.05) is 43.9 Å². The summed E-state index contributed by atoms with van der Waals surface area (Å²) in [5, 5.41) is 3.03. The number of carbonyl (C=O) groups is 1. The van der Waals surface area contributed by atoms with E-state index in [-0.39, 0.29) is 5.91 Å². The van der Waals surface area contributed by atoms with Crippen LogP contribution in [0.3, 0.4) is 0 Å². The molecule has 2 heterocycles. The number of hydrogen-bond acceptors (Lipinski definition) is 6. The van der Waals surface area contributed by atoms with Crippen LogP contribution < -0.4 is 9.64 Å². The molecule has 0 bridgehead atoms. The quantitative estimate of drug-likeness (QED) is 0.364. The molecule has 3 aromatic carbocycles. The maximum Gasteiger partial charge on any atom is 0.258 e. The van der Waals surface area contributed by atoms with Crippen molar-refractivity contribution in [2.45, 2.75) is 11.8 Å². The smallest absolute Gasteiger partial charge is 0.258 e. The van der Waals surface area contributed by atoms with Crippen LogP contribution in [0.25, 0.3) is 21.0 Å². The van der Waals surface area contributed by atoms with E-state index in [2.05, 4.69) is 29.4 Å². The molecular weight excluding hydrogens is 438 g/mol. The molecule has 0 saturated carbocycles. The predicted octanol–water partition coefficient (Wildman–Crippen LogP) is 5.53. The second-order valence-electron chi connectivity index (χ2n) is 7.68. The van der Waals surface area contributed by atoms with Crippen LogP contribution in [0.1, 0.15) is 17.3 Å². The third-order valence-electron chi connectivity index (χ3n) is 5.83. The van der Waals surface area contributed by atoms with Crippen molar-refractivity contribution in [3.63, 3.8) is 0 Å². The third kappa shape index (κ3) is 3.80. The van der Waals surface area contributed by atoms with E-state index >= 15 is 0 Å². The number of piperazine rings is 1. The number of anilines is 1. The molecule has 0 N–H and O–H groups in total. The fourth-order valence-corrected chi connectivity index (χ4v) is 5.89. The highest BCUT2D eigenvalue weighted by atomic mass is 32.2. The minimum Gasteiger partial charge on any atom is -0.493 e. The largest absolute Gasteiger partial charge is 0.493 e. The number of ether oxygens (including phenoxy) is 1. The van der Waals surface area contributed by atoms with E-state index in [0.717, 1.165) is 34.5 Å². The fourth-order valence-electron chi connectivity index (χ4n) is 4.22. The van der Waals surface area contributed by atoms with Gasteiger partial charge in [-0.2, -0.15) is 0 Å². The number of rotatable bonds is 5. The van der Waals surface area contributed by atoms with Gasteiger partial charge in [-0.25, -0.2) is 4.98 Å². The zero-order valence-corrected chi connectivity index (χ0v) is 19.8. The summed E-state index contributed by atoms with van der Waals surface area (Å²) in [6, 6.07) is 18.3. The molecule has 1 aliphatic heterocycles. The normalized spacial score (nSPS) is 14.3. The molecule has 0 spiro atoms. The van der Waals surface area contributed by atoms with E-state index in [0.29, 0.717) is 31.0 Å². The van der Waals surface area contributed by atoms with Crippen molar-refractivity contribution in [1.82, 2.24) is 9.88 Å². The second kappa shape index (κ2) is 9.00. The number of aromatic nitrogens is 1. The molecule has 0 atom stereocenters. The highest BCUT2D eigenvalue weighted by molar-refractivity contribution is 7.98. The molecule has 4 aromatic rings. The van der Waals surface area contributed by atoms with Crippen molar-refractivity contribution >= 4 is 55.1 Å². The number of amides is 1. The molecule has 32 heavy (non-hydrogen) atoms.